The van der Waals surface area contributed by atoms with E-state index in [0.29, 0.717) is 17.3 Å². The number of carbonyl (C=O) groups is 1. The lowest BCUT2D eigenvalue weighted by molar-refractivity contribution is 0.120. The van der Waals surface area contributed by atoms with Crippen LogP contribution in [-0.4, -0.2) is 25.3 Å². The normalized spacial score (nSPS) is 11.9. The first-order chi connectivity index (χ1) is 8.61. The van der Waals surface area contributed by atoms with Crippen LogP contribution in [0.1, 0.15) is 20.3 Å². The zero-order valence-corrected chi connectivity index (χ0v) is 11.5. The van der Waals surface area contributed by atoms with E-state index in [1.807, 2.05) is 6.92 Å². The molecule has 1 amide bonds. The number of rotatable bonds is 6. The summed E-state index contributed by atoms with van der Waals surface area (Å²) in [6, 6.07) is 6.87. The Morgan fingerprint density at radius 3 is 2.67 bits per heavy atom. The van der Waals surface area contributed by atoms with Crippen molar-refractivity contribution in [2.24, 2.45) is 0 Å². The molecule has 5 heteroatoms. The predicted octanol–water partition coefficient (Wildman–Crippen LogP) is 3.28. The Labute approximate surface area is 113 Å². The standard InChI is InChI=1S/C13H19ClN2O2/c1-3-8-15-9-10(2)18-13(17)16-12-6-4-11(14)5-7-12/h4-7,10,15H,3,8-9H2,1-2H3,(H,16,17). The molecule has 0 bridgehead atoms. The lowest BCUT2D eigenvalue weighted by Crippen LogP contribution is -2.30. The van der Waals surface area contributed by atoms with Crippen molar-refractivity contribution in [3.8, 4) is 0 Å². The number of hydrogen-bond donors (Lipinski definition) is 2. The Morgan fingerprint density at radius 1 is 1.39 bits per heavy atom. The maximum absolute atomic E-state index is 11.5. The number of anilines is 1. The summed E-state index contributed by atoms with van der Waals surface area (Å²) in [4.78, 5) is 11.5. The second kappa shape index (κ2) is 7.95. The fourth-order valence-electron chi connectivity index (χ4n) is 1.39. The van der Waals surface area contributed by atoms with Crippen molar-refractivity contribution >= 4 is 23.4 Å². The van der Waals surface area contributed by atoms with Crippen molar-refractivity contribution in [3.05, 3.63) is 29.3 Å². The molecule has 4 nitrogen and oxygen atoms in total. The molecule has 1 atom stereocenters. The van der Waals surface area contributed by atoms with Crippen LogP contribution in [0.15, 0.2) is 24.3 Å². The highest BCUT2D eigenvalue weighted by Gasteiger charge is 2.08. The summed E-state index contributed by atoms with van der Waals surface area (Å²) in [5.74, 6) is 0. The van der Waals surface area contributed by atoms with Crippen LogP contribution in [0, 0.1) is 0 Å². The molecule has 18 heavy (non-hydrogen) atoms. The van der Waals surface area contributed by atoms with Crippen molar-refractivity contribution in [3.63, 3.8) is 0 Å². The minimum absolute atomic E-state index is 0.163. The van der Waals surface area contributed by atoms with Gasteiger partial charge in [0.15, 0.2) is 0 Å². The van der Waals surface area contributed by atoms with Gasteiger partial charge in [-0.3, -0.25) is 5.32 Å². The van der Waals surface area contributed by atoms with E-state index >= 15 is 0 Å². The maximum Gasteiger partial charge on any atom is 0.411 e. The second-order valence-electron chi connectivity index (χ2n) is 4.05. The van der Waals surface area contributed by atoms with Crippen LogP contribution in [0.25, 0.3) is 0 Å². The number of ether oxygens (including phenoxy) is 1. The Bertz CT molecular complexity index is 368. The van der Waals surface area contributed by atoms with Gasteiger partial charge in [-0.15, -0.1) is 0 Å². The van der Waals surface area contributed by atoms with Crippen molar-refractivity contribution in [2.75, 3.05) is 18.4 Å². The first-order valence-electron chi connectivity index (χ1n) is 6.05. The van der Waals surface area contributed by atoms with Gasteiger partial charge in [0.2, 0.25) is 0 Å². The van der Waals surface area contributed by atoms with E-state index in [1.54, 1.807) is 24.3 Å². The van der Waals surface area contributed by atoms with Crippen LogP contribution in [0.2, 0.25) is 5.02 Å². The van der Waals surface area contributed by atoms with Gasteiger partial charge >= 0.3 is 6.09 Å². The van der Waals surface area contributed by atoms with Crippen molar-refractivity contribution in [1.82, 2.24) is 5.32 Å². The molecule has 0 heterocycles. The summed E-state index contributed by atoms with van der Waals surface area (Å²) >= 11 is 5.75. The summed E-state index contributed by atoms with van der Waals surface area (Å²) in [5, 5.41) is 6.46. The number of halogens is 1. The molecule has 0 aliphatic rings. The second-order valence-corrected chi connectivity index (χ2v) is 4.49. The van der Waals surface area contributed by atoms with E-state index in [9.17, 15) is 4.79 Å². The number of carbonyl (C=O) groups excluding carboxylic acids is 1. The molecule has 0 saturated carbocycles. The highest BCUT2D eigenvalue weighted by Crippen LogP contribution is 2.13. The SMILES string of the molecule is CCCNCC(C)OC(=O)Nc1ccc(Cl)cc1. The smallest absolute Gasteiger partial charge is 0.411 e. The molecule has 0 radical (unpaired) electrons. The van der Waals surface area contributed by atoms with Gasteiger partial charge in [-0.05, 0) is 44.2 Å². The van der Waals surface area contributed by atoms with Crippen molar-refractivity contribution in [1.29, 1.82) is 0 Å². The maximum atomic E-state index is 11.5. The third kappa shape index (κ3) is 5.89. The van der Waals surface area contributed by atoms with E-state index in [4.69, 9.17) is 16.3 Å². The highest BCUT2D eigenvalue weighted by molar-refractivity contribution is 6.30. The van der Waals surface area contributed by atoms with Gasteiger partial charge in [0.05, 0.1) is 0 Å². The monoisotopic (exact) mass is 270 g/mol. The highest BCUT2D eigenvalue weighted by atomic mass is 35.5. The van der Waals surface area contributed by atoms with Gasteiger partial charge in [0.25, 0.3) is 0 Å². The summed E-state index contributed by atoms with van der Waals surface area (Å²) in [5.41, 5.74) is 0.665. The molecule has 0 spiro atoms. The fraction of sp³-hybridized carbons (Fsp3) is 0.462. The van der Waals surface area contributed by atoms with Gasteiger partial charge in [-0.2, -0.15) is 0 Å². The van der Waals surface area contributed by atoms with Gasteiger partial charge in [0.1, 0.15) is 6.10 Å². The topological polar surface area (TPSA) is 50.4 Å². The molecule has 0 fully saturated rings. The van der Waals surface area contributed by atoms with Crippen LogP contribution in [-0.2, 0) is 4.74 Å². The molecule has 2 N–H and O–H groups in total. The molecule has 1 aromatic carbocycles. The fourth-order valence-corrected chi connectivity index (χ4v) is 1.51. The molecule has 100 valence electrons. The number of nitrogens with one attached hydrogen (secondary N) is 2. The Morgan fingerprint density at radius 2 is 2.06 bits per heavy atom. The lowest BCUT2D eigenvalue weighted by atomic mass is 10.3. The predicted molar refractivity (Wildman–Crippen MR) is 74.2 cm³/mol. The van der Waals surface area contributed by atoms with Crippen LogP contribution >= 0.6 is 11.6 Å². The minimum atomic E-state index is -0.455. The first-order valence-corrected chi connectivity index (χ1v) is 6.43. The van der Waals surface area contributed by atoms with Gasteiger partial charge < -0.3 is 10.1 Å². The lowest BCUT2D eigenvalue weighted by Gasteiger charge is -2.14. The number of benzene rings is 1. The van der Waals surface area contributed by atoms with Crippen LogP contribution in [0.4, 0.5) is 10.5 Å². The van der Waals surface area contributed by atoms with E-state index in [2.05, 4.69) is 17.6 Å². The summed E-state index contributed by atoms with van der Waals surface area (Å²) in [6.45, 7) is 5.52. The molecule has 1 unspecified atom stereocenters. The Kier molecular flexibility index (Phi) is 6.54. The third-order valence-corrected chi connectivity index (χ3v) is 2.51. The van der Waals surface area contributed by atoms with Crippen molar-refractivity contribution < 1.29 is 9.53 Å². The first kappa shape index (κ1) is 14.8. The summed E-state index contributed by atoms with van der Waals surface area (Å²) in [6.07, 6.45) is 0.441. The van der Waals surface area contributed by atoms with E-state index < -0.39 is 6.09 Å². The quantitative estimate of drug-likeness (QED) is 0.780. The summed E-state index contributed by atoms with van der Waals surface area (Å²) < 4.78 is 5.19. The van der Waals surface area contributed by atoms with Crippen LogP contribution < -0.4 is 10.6 Å². The van der Waals surface area contributed by atoms with E-state index in [-0.39, 0.29) is 6.10 Å². The van der Waals surface area contributed by atoms with Crippen LogP contribution in [0.5, 0.6) is 0 Å². The molecular weight excluding hydrogens is 252 g/mol. The molecule has 1 rings (SSSR count). The molecule has 0 aliphatic heterocycles. The Balaban J connectivity index is 2.30. The average Bonchev–Trinajstić information content (AvgIpc) is 2.32. The zero-order chi connectivity index (χ0) is 13.4. The van der Waals surface area contributed by atoms with Gasteiger partial charge in [-0.25, -0.2) is 4.79 Å². The van der Waals surface area contributed by atoms with Gasteiger partial charge in [-0.1, -0.05) is 18.5 Å². The van der Waals surface area contributed by atoms with E-state index in [0.717, 1.165) is 13.0 Å². The zero-order valence-electron chi connectivity index (χ0n) is 10.7. The Hall–Kier alpha value is -1.26. The molecule has 1 aromatic rings. The number of amides is 1. The van der Waals surface area contributed by atoms with Crippen molar-refractivity contribution in [2.45, 2.75) is 26.4 Å². The van der Waals surface area contributed by atoms with Gasteiger partial charge in [0, 0.05) is 17.3 Å². The molecule has 0 aliphatic carbocycles. The molecule has 0 saturated heterocycles. The van der Waals surface area contributed by atoms with Crippen LogP contribution in [0.3, 0.4) is 0 Å². The summed E-state index contributed by atoms with van der Waals surface area (Å²) in [7, 11) is 0. The largest absolute Gasteiger partial charge is 0.445 e. The van der Waals surface area contributed by atoms with E-state index in [1.165, 1.54) is 0 Å². The third-order valence-electron chi connectivity index (χ3n) is 2.26. The molecule has 0 aromatic heterocycles. The minimum Gasteiger partial charge on any atom is -0.445 e. The molecular formula is C13H19ClN2O2. The average molecular weight is 271 g/mol. The number of hydrogen-bond acceptors (Lipinski definition) is 3.